The number of carbonyl (C=O) groups excluding carboxylic acids is 1. The minimum Gasteiger partial charge on any atom is -0.480 e. The number of carboxylic acid groups (broad SMARTS) is 2. The molecule has 0 saturated heterocycles. The molecule has 0 spiro atoms. The van der Waals surface area contributed by atoms with Gasteiger partial charge in [0.15, 0.2) is 0 Å². The summed E-state index contributed by atoms with van der Waals surface area (Å²) in [6.45, 7) is -1.21. The molecule has 3 unspecified atom stereocenters. The van der Waals surface area contributed by atoms with Crippen molar-refractivity contribution in [1.82, 2.24) is 15.5 Å². The first kappa shape index (κ1) is 34.0. The maximum Gasteiger partial charge on any atom is 0.317 e. The van der Waals surface area contributed by atoms with Crippen molar-refractivity contribution in [3.05, 3.63) is 0 Å². The Morgan fingerprint density at radius 1 is 0.889 bits per heavy atom. The van der Waals surface area contributed by atoms with Gasteiger partial charge in [0.2, 0.25) is 5.91 Å². The molecule has 0 fully saturated rings. The number of aliphatic hydroxyl groups is 3. The van der Waals surface area contributed by atoms with Crippen LogP contribution >= 0.6 is 0 Å². The van der Waals surface area contributed by atoms with Crippen molar-refractivity contribution in [1.29, 1.82) is 0 Å². The molecule has 36 heavy (non-hydrogen) atoms. The van der Waals surface area contributed by atoms with Crippen LogP contribution in [0.15, 0.2) is 0 Å². The zero-order valence-electron chi connectivity index (χ0n) is 19.8. The second kappa shape index (κ2) is 19.2. The van der Waals surface area contributed by atoms with Crippen LogP contribution < -0.4 is 10.6 Å². The lowest BCUT2D eigenvalue weighted by atomic mass is 10.2. The van der Waals surface area contributed by atoms with Gasteiger partial charge >= 0.3 is 11.9 Å². The molecule has 17 heteroatoms. The van der Waals surface area contributed by atoms with Crippen LogP contribution in [0.3, 0.4) is 0 Å². The van der Waals surface area contributed by atoms with E-state index >= 15 is 0 Å². The number of aliphatic carboxylic acids is 2. The van der Waals surface area contributed by atoms with Gasteiger partial charge in [0.05, 0.1) is 44.8 Å². The first-order chi connectivity index (χ1) is 16.9. The lowest BCUT2D eigenvalue weighted by Gasteiger charge is -2.27. The number of unbranched alkanes of at least 4 members (excludes halogenated alkanes) is 1. The van der Waals surface area contributed by atoms with Gasteiger partial charge < -0.3 is 45.6 Å². The van der Waals surface area contributed by atoms with E-state index in [1.54, 1.807) is 0 Å². The lowest BCUT2D eigenvalue weighted by molar-refractivity contribution is -0.143. The summed E-state index contributed by atoms with van der Waals surface area (Å²) in [5, 5.41) is 50.7. The van der Waals surface area contributed by atoms with E-state index in [0.717, 1.165) is 0 Å². The molecule has 0 aromatic heterocycles. The fourth-order valence-electron chi connectivity index (χ4n) is 2.79. The average molecular weight is 548 g/mol. The molecule has 0 rings (SSSR count). The molecule has 3 atom stereocenters. The van der Waals surface area contributed by atoms with Gasteiger partial charge in [-0.1, -0.05) is 0 Å². The van der Waals surface area contributed by atoms with E-state index in [2.05, 4.69) is 10.6 Å². The van der Waals surface area contributed by atoms with E-state index in [1.807, 2.05) is 0 Å². The molecule has 0 bridgehead atoms. The third-order valence-corrected chi connectivity index (χ3v) is 5.17. The highest BCUT2D eigenvalue weighted by Gasteiger charge is 2.32. The number of nitrogens with zero attached hydrogens (tertiary/aromatic N) is 1. The van der Waals surface area contributed by atoms with Gasteiger partial charge in [0.25, 0.3) is 10.1 Å². The predicted molar refractivity (Wildman–Crippen MR) is 123 cm³/mol. The molecular weight excluding hydrogens is 510 g/mol. The standard InChI is InChI=1S/C19H37N3O13S/c23-10-15(25)12-35-6-2-1-5-34-11-14(24)7-20-3-4-21-19(30)16(13-36(31,32)33)22(8-17(26)27)9-18(28)29/h14-16,20,23-25H,1-13H2,(H,21,30)(H,26,27)(H,28,29)(H,31,32,33). The molecule has 0 aromatic carbocycles. The van der Waals surface area contributed by atoms with Crippen LogP contribution in [-0.2, 0) is 34.0 Å². The summed E-state index contributed by atoms with van der Waals surface area (Å²) >= 11 is 0. The van der Waals surface area contributed by atoms with Gasteiger partial charge in [0, 0.05) is 32.8 Å². The summed E-state index contributed by atoms with van der Waals surface area (Å²) in [5.74, 6) is -5.17. The first-order valence-electron chi connectivity index (χ1n) is 11.1. The minimum atomic E-state index is -4.73. The summed E-state index contributed by atoms with van der Waals surface area (Å²) in [7, 11) is -4.73. The number of hydrogen-bond acceptors (Lipinski definition) is 12. The van der Waals surface area contributed by atoms with Gasteiger partial charge in [-0.15, -0.1) is 0 Å². The van der Waals surface area contributed by atoms with Crippen LogP contribution in [0.2, 0.25) is 0 Å². The molecule has 0 aliphatic heterocycles. The van der Waals surface area contributed by atoms with Crippen LogP contribution in [0, 0.1) is 0 Å². The fraction of sp³-hybridized carbons (Fsp3) is 0.842. The number of aliphatic hydroxyl groups excluding tert-OH is 3. The van der Waals surface area contributed by atoms with Crippen molar-refractivity contribution in [3.63, 3.8) is 0 Å². The SMILES string of the molecule is O=C(O)CN(CC(=O)O)C(CS(=O)(=O)O)C(=O)NCCNCC(O)COCCCCOCC(O)CO. The van der Waals surface area contributed by atoms with Gasteiger partial charge in [-0.3, -0.25) is 23.8 Å². The fourth-order valence-corrected chi connectivity index (χ4v) is 3.55. The largest absolute Gasteiger partial charge is 0.480 e. The molecule has 0 saturated carbocycles. The lowest BCUT2D eigenvalue weighted by Crippen LogP contribution is -2.54. The number of hydrogen-bond donors (Lipinski definition) is 8. The quantitative estimate of drug-likeness (QED) is 0.0447. The molecule has 0 radical (unpaired) electrons. The predicted octanol–water partition coefficient (Wildman–Crippen LogP) is -4.05. The second-order valence-corrected chi connectivity index (χ2v) is 9.30. The maximum atomic E-state index is 12.4. The molecule has 0 heterocycles. The summed E-state index contributed by atoms with van der Waals surface area (Å²) < 4.78 is 42.1. The Hall–Kier alpha value is -1.96. The normalized spacial score (nSPS) is 14.4. The number of ether oxygens (including phenoxy) is 2. The van der Waals surface area contributed by atoms with Crippen LogP contribution in [0.25, 0.3) is 0 Å². The maximum absolute atomic E-state index is 12.4. The first-order valence-corrected chi connectivity index (χ1v) is 12.7. The average Bonchev–Trinajstić information content (AvgIpc) is 2.76. The molecule has 0 aromatic rings. The van der Waals surface area contributed by atoms with Crippen molar-refractivity contribution < 1.29 is 62.4 Å². The zero-order valence-corrected chi connectivity index (χ0v) is 20.6. The van der Waals surface area contributed by atoms with Gasteiger partial charge in [-0.2, -0.15) is 8.42 Å². The number of carboxylic acids is 2. The Bertz CT molecular complexity index is 737. The van der Waals surface area contributed by atoms with Crippen LogP contribution in [-0.4, -0.2) is 151 Å². The molecule has 8 N–H and O–H groups in total. The zero-order chi connectivity index (χ0) is 27.6. The Morgan fingerprint density at radius 3 is 1.89 bits per heavy atom. The summed E-state index contributed by atoms with van der Waals surface area (Å²) in [6, 6.07) is -1.75. The van der Waals surface area contributed by atoms with E-state index in [0.29, 0.717) is 31.0 Å². The number of carbonyl (C=O) groups is 3. The smallest absolute Gasteiger partial charge is 0.317 e. The van der Waals surface area contributed by atoms with Crippen LogP contribution in [0.4, 0.5) is 0 Å². The van der Waals surface area contributed by atoms with Crippen molar-refractivity contribution >= 4 is 28.0 Å². The third kappa shape index (κ3) is 19.3. The van der Waals surface area contributed by atoms with E-state index in [-0.39, 0.29) is 39.5 Å². The Labute approximate surface area is 208 Å². The van der Waals surface area contributed by atoms with E-state index in [9.17, 15) is 27.9 Å². The van der Waals surface area contributed by atoms with Gasteiger partial charge in [0.1, 0.15) is 12.1 Å². The second-order valence-electron chi connectivity index (χ2n) is 7.80. The third-order valence-electron chi connectivity index (χ3n) is 4.43. The molecule has 212 valence electrons. The summed E-state index contributed by atoms with van der Waals surface area (Å²) in [4.78, 5) is 35.0. The van der Waals surface area contributed by atoms with Crippen molar-refractivity contribution in [2.24, 2.45) is 0 Å². The number of amides is 1. The highest BCUT2D eigenvalue weighted by atomic mass is 32.2. The highest BCUT2D eigenvalue weighted by molar-refractivity contribution is 7.85. The van der Waals surface area contributed by atoms with Crippen LogP contribution in [0.1, 0.15) is 12.8 Å². The van der Waals surface area contributed by atoms with E-state index in [4.69, 9.17) is 34.5 Å². The van der Waals surface area contributed by atoms with Crippen LogP contribution in [0.5, 0.6) is 0 Å². The Kier molecular flexibility index (Phi) is 18.1. The monoisotopic (exact) mass is 547 g/mol. The number of rotatable bonds is 23. The molecule has 1 amide bonds. The van der Waals surface area contributed by atoms with Gasteiger partial charge in [-0.05, 0) is 12.8 Å². The summed E-state index contributed by atoms with van der Waals surface area (Å²) in [5.41, 5.74) is 0. The molecule has 16 nitrogen and oxygen atoms in total. The summed E-state index contributed by atoms with van der Waals surface area (Å²) in [6.07, 6.45) is -0.432. The van der Waals surface area contributed by atoms with Crippen molar-refractivity contribution in [3.8, 4) is 0 Å². The Morgan fingerprint density at radius 2 is 1.42 bits per heavy atom. The van der Waals surface area contributed by atoms with Gasteiger partial charge in [-0.25, -0.2) is 0 Å². The Balaban J connectivity index is 4.27. The highest BCUT2D eigenvalue weighted by Crippen LogP contribution is 2.04. The topological polar surface area (TPSA) is 252 Å². The van der Waals surface area contributed by atoms with Crippen molar-refractivity contribution in [2.45, 2.75) is 31.1 Å². The molecular formula is C19H37N3O13S. The molecule has 0 aliphatic rings. The minimum absolute atomic E-state index is 0.0409. The van der Waals surface area contributed by atoms with E-state index in [1.165, 1.54) is 0 Å². The molecule has 0 aliphatic carbocycles. The van der Waals surface area contributed by atoms with Crippen molar-refractivity contribution in [2.75, 3.05) is 71.5 Å². The number of nitrogens with one attached hydrogen (secondary N) is 2. The van der Waals surface area contributed by atoms with E-state index < -0.39 is 65.1 Å².